The summed E-state index contributed by atoms with van der Waals surface area (Å²) in [4.78, 5) is 21.1. The Morgan fingerprint density at radius 1 is 1.67 bits per heavy atom. The highest BCUT2D eigenvalue weighted by atomic mass is 79.9. The fourth-order valence-corrected chi connectivity index (χ4v) is 2.63. The molecule has 94 valence electrons. The number of hydrogen-bond donors (Lipinski definition) is 1. The second-order valence-electron chi connectivity index (χ2n) is 3.34. The molecule has 0 aliphatic rings. The highest BCUT2D eigenvalue weighted by Gasteiger charge is 2.20. The van der Waals surface area contributed by atoms with Crippen LogP contribution in [-0.2, 0) is 6.54 Å². The first-order valence-corrected chi connectivity index (χ1v) is 6.33. The average molecular weight is 332 g/mol. The molecule has 2 aromatic rings. The Morgan fingerprint density at radius 3 is 2.94 bits per heavy atom. The Kier molecular flexibility index (Phi) is 3.43. The Morgan fingerprint density at radius 2 is 2.39 bits per heavy atom. The van der Waals surface area contributed by atoms with Crippen molar-refractivity contribution < 1.29 is 14.8 Å². The molecule has 0 bridgehead atoms. The molecule has 18 heavy (non-hydrogen) atoms. The summed E-state index contributed by atoms with van der Waals surface area (Å²) < 4.78 is 1.59. The molecule has 0 aliphatic carbocycles. The maximum atomic E-state index is 10.9. The van der Waals surface area contributed by atoms with Crippen LogP contribution in [-0.4, -0.2) is 25.8 Å². The number of carboxylic acid groups (broad SMARTS) is 1. The van der Waals surface area contributed by atoms with Crippen LogP contribution in [0.25, 0.3) is 0 Å². The summed E-state index contributed by atoms with van der Waals surface area (Å²) in [5.74, 6) is -1.30. The topological polar surface area (TPSA) is 98.3 Å². The number of nitro groups is 1. The quantitative estimate of drug-likeness (QED) is 0.684. The van der Waals surface area contributed by atoms with Crippen LogP contribution in [0.15, 0.2) is 22.1 Å². The number of thiophene rings is 1. The molecule has 0 saturated carbocycles. The minimum atomic E-state index is -1.01. The molecular weight excluding hydrogens is 326 g/mol. The fraction of sp³-hybridized carbons (Fsp3) is 0.111. The van der Waals surface area contributed by atoms with E-state index in [0.29, 0.717) is 5.56 Å². The third-order valence-corrected chi connectivity index (χ3v) is 3.65. The first kappa shape index (κ1) is 12.7. The van der Waals surface area contributed by atoms with E-state index in [9.17, 15) is 14.9 Å². The molecule has 0 aromatic carbocycles. The molecule has 0 atom stereocenters. The maximum Gasteiger partial charge on any atom is 0.404 e. The summed E-state index contributed by atoms with van der Waals surface area (Å²) in [5.41, 5.74) is 0.567. The Bertz CT molecular complexity index is 621. The van der Waals surface area contributed by atoms with Crippen LogP contribution in [0.5, 0.6) is 0 Å². The minimum Gasteiger partial charge on any atom is -0.477 e. The second kappa shape index (κ2) is 4.86. The van der Waals surface area contributed by atoms with E-state index in [4.69, 9.17) is 5.11 Å². The predicted molar refractivity (Wildman–Crippen MR) is 67.0 cm³/mol. The van der Waals surface area contributed by atoms with Gasteiger partial charge in [-0.05, 0) is 32.3 Å². The van der Waals surface area contributed by atoms with Gasteiger partial charge in [0.05, 0.1) is 17.8 Å². The number of carboxylic acids is 1. The lowest BCUT2D eigenvalue weighted by Crippen LogP contribution is -2.05. The van der Waals surface area contributed by atoms with Gasteiger partial charge in [0.15, 0.2) is 0 Å². The zero-order valence-corrected chi connectivity index (χ0v) is 11.1. The second-order valence-corrected chi connectivity index (χ2v) is 5.11. The summed E-state index contributed by atoms with van der Waals surface area (Å²) in [7, 11) is 0. The van der Waals surface area contributed by atoms with Crippen LogP contribution >= 0.6 is 27.3 Å². The third kappa shape index (κ3) is 2.41. The summed E-state index contributed by atoms with van der Waals surface area (Å²) in [5, 5.41) is 25.0. The summed E-state index contributed by atoms with van der Waals surface area (Å²) in [6, 6.07) is 1.66. The van der Waals surface area contributed by atoms with Crippen LogP contribution in [0.4, 0.5) is 5.82 Å². The van der Waals surface area contributed by atoms with Crippen molar-refractivity contribution in [1.29, 1.82) is 0 Å². The molecule has 0 spiro atoms. The molecule has 0 fully saturated rings. The molecule has 0 saturated heterocycles. The highest BCUT2D eigenvalue weighted by Crippen LogP contribution is 2.24. The molecule has 9 heteroatoms. The summed E-state index contributed by atoms with van der Waals surface area (Å²) in [6.07, 6.45) is 1.45. The van der Waals surface area contributed by atoms with E-state index >= 15 is 0 Å². The van der Waals surface area contributed by atoms with Crippen molar-refractivity contribution in [2.75, 3.05) is 0 Å². The maximum absolute atomic E-state index is 10.9. The van der Waals surface area contributed by atoms with Crippen molar-refractivity contribution in [3.63, 3.8) is 0 Å². The molecule has 0 unspecified atom stereocenters. The van der Waals surface area contributed by atoms with Gasteiger partial charge in [0.2, 0.25) is 0 Å². The number of rotatable bonds is 4. The number of aromatic nitrogens is 2. The van der Waals surface area contributed by atoms with E-state index < -0.39 is 10.9 Å². The van der Waals surface area contributed by atoms with E-state index in [0.717, 1.165) is 11.3 Å². The van der Waals surface area contributed by atoms with Gasteiger partial charge in [-0.2, -0.15) is 4.68 Å². The molecule has 0 radical (unpaired) electrons. The highest BCUT2D eigenvalue weighted by molar-refractivity contribution is 9.10. The van der Waals surface area contributed by atoms with Gasteiger partial charge in [-0.25, -0.2) is 4.79 Å². The number of nitrogens with zero attached hydrogens (tertiary/aromatic N) is 3. The molecule has 1 N–H and O–H groups in total. The zero-order chi connectivity index (χ0) is 13.3. The predicted octanol–water partition coefficient (Wildman–Crippen LogP) is 2.36. The fourth-order valence-electron chi connectivity index (χ4n) is 1.41. The van der Waals surface area contributed by atoms with Gasteiger partial charge in [0.1, 0.15) is 9.35 Å². The third-order valence-electron chi connectivity index (χ3n) is 2.15. The zero-order valence-electron chi connectivity index (χ0n) is 8.74. The molecule has 2 aromatic heterocycles. The van der Waals surface area contributed by atoms with E-state index in [1.54, 1.807) is 11.4 Å². The molecule has 2 rings (SSSR count). The Labute approximate surface area is 113 Å². The summed E-state index contributed by atoms with van der Waals surface area (Å²) >= 11 is 4.14. The number of halogens is 1. The normalized spacial score (nSPS) is 10.5. The van der Waals surface area contributed by atoms with Gasteiger partial charge in [-0.3, -0.25) is 0 Å². The minimum absolute atomic E-state index is 0.178. The first-order valence-electron chi connectivity index (χ1n) is 4.66. The van der Waals surface area contributed by atoms with E-state index in [1.165, 1.54) is 10.9 Å². The van der Waals surface area contributed by atoms with Crippen LogP contribution in [0.3, 0.4) is 0 Å². The number of carbonyl (C=O) groups is 1. The lowest BCUT2D eigenvalue weighted by molar-refractivity contribution is -0.390. The molecule has 0 amide bonds. The van der Waals surface area contributed by atoms with Crippen LogP contribution < -0.4 is 0 Å². The van der Waals surface area contributed by atoms with Crippen LogP contribution in [0.1, 0.15) is 15.2 Å². The Hall–Kier alpha value is -1.74. The average Bonchev–Trinajstić information content (AvgIpc) is 2.85. The first-order chi connectivity index (χ1) is 8.49. The standard InChI is InChI=1S/C9H6BrN3O4S/c10-6-4-12(11-8(6)13(16)17)3-5-1-2-18-7(5)9(14)15/h1-2,4H,3H2,(H,14,15). The van der Waals surface area contributed by atoms with Crippen molar-refractivity contribution in [2.24, 2.45) is 0 Å². The van der Waals surface area contributed by atoms with Gasteiger partial charge in [-0.1, -0.05) is 0 Å². The SMILES string of the molecule is O=C(O)c1sccc1Cn1cc(Br)c([N+](=O)[O-])n1. The largest absolute Gasteiger partial charge is 0.477 e. The molecule has 7 nitrogen and oxygen atoms in total. The Balaban J connectivity index is 2.29. The smallest absolute Gasteiger partial charge is 0.404 e. The number of aromatic carboxylic acids is 1. The molecule has 0 aliphatic heterocycles. The van der Waals surface area contributed by atoms with Crippen molar-refractivity contribution in [3.05, 3.63) is 42.7 Å². The van der Waals surface area contributed by atoms with Crippen molar-refractivity contribution in [2.45, 2.75) is 6.54 Å². The monoisotopic (exact) mass is 331 g/mol. The van der Waals surface area contributed by atoms with E-state index in [1.807, 2.05) is 0 Å². The van der Waals surface area contributed by atoms with Crippen LogP contribution in [0.2, 0.25) is 0 Å². The van der Waals surface area contributed by atoms with Crippen molar-refractivity contribution in [1.82, 2.24) is 9.78 Å². The number of hydrogen-bond acceptors (Lipinski definition) is 5. The van der Waals surface area contributed by atoms with Gasteiger partial charge in [-0.15, -0.1) is 11.3 Å². The molecule has 2 heterocycles. The van der Waals surface area contributed by atoms with E-state index in [-0.39, 0.29) is 21.7 Å². The van der Waals surface area contributed by atoms with Gasteiger partial charge in [0.25, 0.3) is 0 Å². The van der Waals surface area contributed by atoms with Gasteiger partial charge >= 0.3 is 11.8 Å². The van der Waals surface area contributed by atoms with Crippen molar-refractivity contribution >= 4 is 39.1 Å². The summed E-state index contributed by atoms with van der Waals surface area (Å²) in [6.45, 7) is 0.178. The van der Waals surface area contributed by atoms with Gasteiger partial charge in [0, 0.05) is 5.56 Å². The van der Waals surface area contributed by atoms with Gasteiger partial charge < -0.3 is 15.2 Å². The van der Waals surface area contributed by atoms with Crippen molar-refractivity contribution in [3.8, 4) is 0 Å². The van der Waals surface area contributed by atoms with E-state index in [2.05, 4.69) is 21.0 Å². The lowest BCUT2D eigenvalue weighted by Gasteiger charge is -1.96. The van der Waals surface area contributed by atoms with Crippen LogP contribution in [0, 0.1) is 10.1 Å². The molecular formula is C9H6BrN3O4S. The lowest BCUT2D eigenvalue weighted by atomic mass is 10.2.